The van der Waals surface area contributed by atoms with E-state index in [9.17, 15) is 23.1 Å². The number of alkyl halides is 3. The van der Waals surface area contributed by atoms with Crippen LogP contribution in [0.1, 0.15) is 28.9 Å². The van der Waals surface area contributed by atoms with Crippen molar-refractivity contribution in [1.82, 2.24) is 14.5 Å². The van der Waals surface area contributed by atoms with Crippen LogP contribution in [0.2, 0.25) is 0 Å². The summed E-state index contributed by atoms with van der Waals surface area (Å²) >= 11 is 0. The average Bonchev–Trinajstić information content (AvgIpc) is 3.04. The summed E-state index contributed by atoms with van der Waals surface area (Å²) in [6.07, 6.45) is -1.05. The minimum Gasteiger partial charge on any atom is -0.393 e. The zero-order valence-electron chi connectivity index (χ0n) is 12.7. The molecule has 1 saturated heterocycles. The predicted molar refractivity (Wildman–Crippen MR) is 79.7 cm³/mol. The van der Waals surface area contributed by atoms with Gasteiger partial charge in [-0.05, 0) is 31.0 Å². The number of halogens is 3. The number of hydrogen-bond acceptors (Lipinski definition) is 3. The van der Waals surface area contributed by atoms with Crippen LogP contribution in [0.5, 0.6) is 0 Å². The smallest absolute Gasteiger partial charge is 0.393 e. The Balaban J connectivity index is 1.79. The lowest BCUT2D eigenvalue weighted by Gasteiger charge is -2.28. The highest BCUT2D eigenvalue weighted by Crippen LogP contribution is 2.30. The van der Waals surface area contributed by atoms with Crippen LogP contribution in [0.15, 0.2) is 36.8 Å². The molecule has 0 unspecified atom stereocenters. The molecular formula is C16H16F3N3O2. The van der Waals surface area contributed by atoms with Crippen LogP contribution in [0.25, 0.3) is 5.69 Å². The summed E-state index contributed by atoms with van der Waals surface area (Å²) in [5.41, 5.74) is -0.305. The molecule has 2 aromatic rings. The zero-order valence-corrected chi connectivity index (χ0v) is 12.7. The minimum absolute atomic E-state index is 0.170. The number of imidazole rings is 1. The highest BCUT2D eigenvalue weighted by atomic mass is 19.4. The Kier molecular flexibility index (Phi) is 4.31. The van der Waals surface area contributed by atoms with E-state index in [-0.39, 0.29) is 17.3 Å². The van der Waals surface area contributed by atoms with E-state index in [0.29, 0.717) is 25.9 Å². The molecule has 3 rings (SSSR count). The summed E-state index contributed by atoms with van der Waals surface area (Å²) in [6.45, 7) is 0.882. The van der Waals surface area contributed by atoms with Crippen molar-refractivity contribution in [2.24, 2.45) is 0 Å². The van der Waals surface area contributed by atoms with Gasteiger partial charge in [0.1, 0.15) is 12.0 Å². The van der Waals surface area contributed by atoms with E-state index in [1.165, 1.54) is 29.2 Å². The lowest BCUT2D eigenvalue weighted by molar-refractivity contribution is -0.137. The van der Waals surface area contributed by atoms with E-state index < -0.39 is 17.8 Å². The predicted octanol–water partition coefficient (Wildman–Crippen LogP) is 2.49. The summed E-state index contributed by atoms with van der Waals surface area (Å²) < 4.78 is 39.7. The maximum atomic E-state index is 12.8. The van der Waals surface area contributed by atoms with Crippen LogP contribution in [-0.4, -0.2) is 44.7 Å². The third-order valence-electron chi connectivity index (χ3n) is 4.03. The van der Waals surface area contributed by atoms with Gasteiger partial charge in [0.2, 0.25) is 0 Å². The molecule has 128 valence electrons. The van der Waals surface area contributed by atoms with Crippen LogP contribution in [0.4, 0.5) is 13.2 Å². The highest BCUT2D eigenvalue weighted by Gasteiger charge is 2.30. The van der Waals surface area contributed by atoms with Gasteiger partial charge in [-0.3, -0.25) is 4.79 Å². The third kappa shape index (κ3) is 3.43. The number of likely N-dealkylation sites (tertiary alicyclic amines) is 1. The SMILES string of the molecule is O=C(c1cn(-c2cccc(C(F)(F)F)c2)cn1)N1CCC(O)CC1. The first kappa shape index (κ1) is 16.5. The monoisotopic (exact) mass is 339 g/mol. The van der Waals surface area contributed by atoms with E-state index in [1.807, 2.05) is 0 Å². The Morgan fingerprint density at radius 2 is 1.96 bits per heavy atom. The van der Waals surface area contributed by atoms with Crippen LogP contribution >= 0.6 is 0 Å². The van der Waals surface area contributed by atoms with Gasteiger partial charge in [0.15, 0.2) is 0 Å². The molecule has 1 fully saturated rings. The number of amides is 1. The minimum atomic E-state index is -4.43. The van der Waals surface area contributed by atoms with Gasteiger partial charge in [0, 0.05) is 25.0 Å². The summed E-state index contributed by atoms with van der Waals surface area (Å²) in [5, 5.41) is 9.47. The molecule has 8 heteroatoms. The molecule has 1 N–H and O–H groups in total. The largest absolute Gasteiger partial charge is 0.416 e. The van der Waals surface area contributed by atoms with Gasteiger partial charge in [-0.2, -0.15) is 13.2 Å². The molecule has 1 aromatic carbocycles. The molecule has 2 heterocycles. The molecular weight excluding hydrogens is 323 g/mol. The van der Waals surface area contributed by atoms with Crippen LogP contribution < -0.4 is 0 Å². The van der Waals surface area contributed by atoms with Crippen LogP contribution in [-0.2, 0) is 6.18 Å². The number of rotatable bonds is 2. The fraction of sp³-hybridized carbons (Fsp3) is 0.375. The first-order valence-corrected chi connectivity index (χ1v) is 7.53. The van der Waals surface area contributed by atoms with Crippen molar-refractivity contribution in [1.29, 1.82) is 0 Å². The maximum absolute atomic E-state index is 12.8. The summed E-state index contributed by atoms with van der Waals surface area (Å²) in [6, 6.07) is 4.83. The van der Waals surface area contributed by atoms with E-state index >= 15 is 0 Å². The fourth-order valence-electron chi connectivity index (χ4n) is 2.65. The fourth-order valence-corrected chi connectivity index (χ4v) is 2.65. The molecule has 0 radical (unpaired) electrons. The van der Waals surface area contributed by atoms with E-state index in [1.54, 1.807) is 4.90 Å². The molecule has 24 heavy (non-hydrogen) atoms. The van der Waals surface area contributed by atoms with Crippen molar-refractivity contribution in [2.45, 2.75) is 25.1 Å². The van der Waals surface area contributed by atoms with Crippen molar-refractivity contribution < 1.29 is 23.1 Å². The van der Waals surface area contributed by atoms with E-state index in [2.05, 4.69) is 4.98 Å². The van der Waals surface area contributed by atoms with Gasteiger partial charge in [-0.25, -0.2) is 4.98 Å². The standard InChI is InChI=1S/C16H16F3N3O2/c17-16(18,19)11-2-1-3-12(8-11)22-9-14(20-10-22)15(24)21-6-4-13(23)5-7-21/h1-3,8-10,13,23H,4-7H2. The number of aliphatic hydroxyl groups excluding tert-OH is 1. The topological polar surface area (TPSA) is 58.4 Å². The van der Waals surface area contributed by atoms with Gasteiger partial charge in [0.05, 0.1) is 11.7 Å². The lowest BCUT2D eigenvalue weighted by Crippen LogP contribution is -2.40. The van der Waals surface area contributed by atoms with Crippen molar-refractivity contribution in [3.8, 4) is 5.69 Å². The Hall–Kier alpha value is -2.35. The molecule has 0 atom stereocenters. The number of carbonyl (C=O) groups excluding carboxylic acids is 1. The molecule has 0 saturated carbocycles. The molecule has 1 amide bonds. The van der Waals surface area contributed by atoms with Gasteiger partial charge in [-0.15, -0.1) is 0 Å². The zero-order chi connectivity index (χ0) is 17.3. The molecule has 1 aromatic heterocycles. The number of piperidine rings is 1. The summed E-state index contributed by atoms with van der Waals surface area (Å²) in [5.74, 6) is -0.285. The maximum Gasteiger partial charge on any atom is 0.416 e. The van der Waals surface area contributed by atoms with Crippen molar-refractivity contribution in [3.63, 3.8) is 0 Å². The Morgan fingerprint density at radius 3 is 2.62 bits per heavy atom. The second kappa shape index (κ2) is 6.27. The van der Waals surface area contributed by atoms with Crippen molar-refractivity contribution >= 4 is 5.91 Å². The van der Waals surface area contributed by atoms with E-state index in [0.717, 1.165) is 12.1 Å². The molecule has 1 aliphatic rings. The third-order valence-corrected chi connectivity index (χ3v) is 4.03. The van der Waals surface area contributed by atoms with Crippen molar-refractivity contribution in [3.05, 3.63) is 48.0 Å². The summed E-state index contributed by atoms with van der Waals surface area (Å²) in [7, 11) is 0. The van der Waals surface area contributed by atoms with Gasteiger partial charge in [-0.1, -0.05) is 6.07 Å². The highest BCUT2D eigenvalue weighted by molar-refractivity contribution is 5.92. The van der Waals surface area contributed by atoms with Gasteiger partial charge in [0.25, 0.3) is 5.91 Å². The first-order chi connectivity index (χ1) is 11.3. The van der Waals surface area contributed by atoms with Crippen LogP contribution in [0, 0.1) is 0 Å². The Morgan fingerprint density at radius 1 is 1.25 bits per heavy atom. The summed E-state index contributed by atoms with van der Waals surface area (Å²) in [4.78, 5) is 18.0. The van der Waals surface area contributed by atoms with Gasteiger partial charge >= 0.3 is 6.18 Å². The quantitative estimate of drug-likeness (QED) is 0.915. The number of hydrogen-bond donors (Lipinski definition) is 1. The lowest BCUT2D eigenvalue weighted by atomic mass is 10.1. The molecule has 5 nitrogen and oxygen atoms in total. The molecule has 0 aliphatic carbocycles. The Bertz CT molecular complexity index is 734. The second-order valence-corrected chi connectivity index (χ2v) is 5.74. The number of benzene rings is 1. The number of nitrogens with zero attached hydrogens (tertiary/aromatic N) is 3. The average molecular weight is 339 g/mol. The van der Waals surface area contributed by atoms with Crippen molar-refractivity contribution in [2.75, 3.05) is 13.1 Å². The van der Waals surface area contributed by atoms with Crippen LogP contribution in [0.3, 0.4) is 0 Å². The van der Waals surface area contributed by atoms with Gasteiger partial charge < -0.3 is 14.6 Å². The van der Waals surface area contributed by atoms with E-state index in [4.69, 9.17) is 0 Å². The first-order valence-electron chi connectivity index (χ1n) is 7.53. The number of aromatic nitrogens is 2. The second-order valence-electron chi connectivity index (χ2n) is 5.74. The number of aliphatic hydroxyl groups is 1. The molecule has 0 spiro atoms. The molecule has 1 aliphatic heterocycles. The molecule has 0 bridgehead atoms. The Labute approximate surface area is 136 Å². The normalized spacial score (nSPS) is 16.4. The number of carbonyl (C=O) groups is 1.